The van der Waals surface area contributed by atoms with Gasteiger partial charge in [-0.15, -0.1) is 0 Å². The molecule has 0 aliphatic rings. The highest BCUT2D eigenvalue weighted by molar-refractivity contribution is 5.33. The number of nitrogens with two attached hydrogens (primary N) is 1. The zero-order chi connectivity index (χ0) is 14.5. The summed E-state index contributed by atoms with van der Waals surface area (Å²) in [5.74, 6) is 0.904. The van der Waals surface area contributed by atoms with E-state index in [0.29, 0.717) is 6.54 Å². The van der Waals surface area contributed by atoms with E-state index in [0.717, 1.165) is 23.4 Å². The fourth-order valence-electron chi connectivity index (χ4n) is 2.40. The number of benzene rings is 1. The lowest BCUT2D eigenvalue weighted by Gasteiger charge is -2.26. The second kappa shape index (κ2) is 6.54. The summed E-state index contributed by atoms with van der Waals surface area (Å²) in [5.41, 5.74) is 8.21. The summed E-state index contributed by atoms with van der Waals surface area (Å²) in [6.45, 7) is 1.33. The van der Waals surface area contributed by atoms with Gasteiger partial charge in [0.25, 0.3) is 0 Å². The van der Waals surface area contributed by atoms with Crippen molar-refractivity contribution in [2.45, 2.75) is 12.6 Å². The Balaban J connectivity index is 2.15. The maximum atomic E-state index is 5.93. The SMILES string of the molecule is COc1ccccc1CN(C)C(CN)c1cnn(C)c1. The third-order valence-electron chi connectivity index (χ3n) is 3.48. The number of nitrogens with zero attached hydrogens (tertiary/aromatic N) is 3. The minimum Gasteiger partial charge on any atom is -0.496 e. The predicted octanol–water partition coefficient (Wildman–Crippen LogP) is 1.56. The number of hydrogen-bond donors (Lipinski definition) is 1. The Hall–Kier alpha value is -1.85. The van der Waals surface area contributed by atoms with Crippen molar-refractivity contribution in [1.29, 1.82) is 0 Å². The zero-order valence-electron chi connectivity index (χ0n) is 12.3. The van der Waals surface area contributed by atoms with Gasteiger partial charge in [0.2, 0.25) is 0 Å². The molecule has 0 radical (unpaired) electrons. The van der Waals surface area contributed by atoms with Crippen LogP contribution in [0.1, 0.15) is 17.2 Å². The van der Waals surface area contributed by atoms with E-state index in [2.05, 4.69) is 23.1 Å². The predicted molar refractivity (Wildman–Crippen MR) is 79.5 cm³/mol. The van der Waals surface area contributed by atoms with Crippen molar-refractivity contribution in [3.8, 4) is 5.75 Å². The summed E-state index contributed by atoms with van der Waals surface area (Å²) in [6.07, 6.45) is 3.88. The van der Waals surface area contributed by atoms with E-state index in [-0.39, 0.29) is 6.04 Å². The van der Waals surface area contributed by atoms with Crippen LogP contribution in [0.2, 0.25) is 0 Å². The fraction of sp³-hybridized carbons (Fsp3) is 0.400. The molecule has 2 aromatic rings. The Morgan fingerprint density at radius 3 is 2.75 bits per heavy atom. The lowest BCUT2D eigenvalue weighted by atomic mass is 10.1. The van der Waals surface area contributed by atoms with E-state index in [1.165, 1.54) is 0 Å². The summed E-state index contributed by atoms with van der Waals surface area (Å²) in [6, 6.07) is 8.20. The Labute approximate surface area is 119 Å². The van der Waals surface area contributed by atoms with Crippen molar-refractivity contribution in [3.05, 3.63) is 47.8 Å². The van der Waals surface area contributed by atoms with Crippen molar-refractivity contribution in [2.24, 2.45) is 12.8 Å². The van der Waals surface area contributed by atoms with Crippen LogP contribution in [0.25, 0.3) is 0 Å². The van der Waals surface area contributed by atoms with Gasteiger partial charge in [-0.2, -0.15) is 5.10 Å². The highest BCUT2D eigenvalue weighted by Crippen LogP contribution is 2.24. The highest BCUT2D eigenvalue weighted by atomic mass is 16.5. The Morgan fingerprint density at radius 2 is 2.15 bits per heavy atom. The van der Waals surface area contributed by atoms with Gasteiger partial charge in [-0.05, 0) is 13.1 Å². The Morgan fingerprint density at radius 1 is 1.40 bits per heavy atom. The van der Waals surface area contributed by atoms with E-state index in [4.69, 9.17) is 10.5 Å². The number of ether oxygens (including phenoxy) is 1. The first-order chi connectivity index (χ1) is 9.65. The van der Waals surface area contributed by atoms with Crippen molar-refractivity contribution < 1.29 is 4.74 Å². The average Bonchev–Trinajstić information content (AvgIpc) is 2.86. The lowest BCUT2D eigenvalue weighted by Crippen LogP contribution is -2.30. The van der Waals surface area contributed by atoms with Crippen LogP contribution in [0.4, 0.5) is 0 Å². The molecule has 1 atom stereocenters. The normalized spacial score (nSPS) is 12.7. The molecule has 1 aromatic heterocycles. The third kappa shape index (κ3) is 3.18. The number of para-hydroxylation sites is 1. The molecule has 1 aromatic carbocycles. The number of likely N-dealkylation sites (N-methyl/N-ethyl adjacent to an activating group) is 1. The first-order valence-electron chi connectivity index (χ1n) is 6.66. The average molecular weight is 274 g/mol. The molecule has 2 N–H and O–H groups in total. The number of aromatic nitrogens is 2. The molecule has 0 saturated carbocycles. The molecule has 0 aliphatic carbocycles. The Kier molecular flexibility index (Phi) is 4.76. The van der Waals surface area contributed by atoms with Crippen LogP contribution in [-0.2, 0) is 13.6 Å². The van der Waals surface area contributed by atoms with Gasteiger partial charge in [0.15, 0.2) is 0 Å². The molecule has 5 heteroatoms. The summed E-state index contributed by atoms with van der Waals surface area (Å²) >= 11 is 0. The zero-order valence-corrected chi connectivity index (χ0v) is 12.3. The highest BCUT2D eigenvalue weighted by Gasteiger charge is 2.18. The van der Waals surface area contributed by atoms with Crippen molar-refractivity contribution in [2.75, 3.05) is 20.7 Å². The van der Waals surface area contributed by atoms with Crippen molar-refractivity contribution in [1.82, 2.24) is 14.7 Å². The van der Waals surface area contributed by atoms with Crippen molar-refractivity contribution >= 4 is 0 Å². The summed E-state index contributed by atoms with van der Waals surface area (Å²) in [4.78, 5) is 2.22. The first kappa shape index (κ1) is 14.6. The van der Waals surface area contributed by atoms with Crippen LogP contribution in [0.15, 0.2) is 36.7 Å². The summed E-state index contributed by atoms with van der Waals surface area (Å²) < 4.78 is 7.20. The lowest BCUT2D eigenvalue weighted by molar-refractivity contribution is 0.238. The van der Waals surface area contributed by atoms with Gasteiger partial charge in [-0.3, -0.25) is 9.58 Å². The molecule has 1 heterocycles. The molecule has 0 bridgehead atoms. The van der Waals surface area contributed by atoms with Crippen LogP contribution in [0.3, 0.4) is 0 Å². The molecule has 2 rings (SSSR count). The largest absolute Gasteiger partial charge is 0.496 e. The molecule has 0 amide bonds. The van der Waals surface area contributed by atoms with Crippen molar-refractivity contribution in [3.63, 3.8) is 0 Å². The maximum Gasteiger partial charge on any atom is 0.123 e. The number of methoxy groups -OCH3 is 1. The van der Waals surface area contributed by atoms with Crippen LogP contribution >= 0.6 is 0 Å². The van der Waals surface area contributed by atoms with Crippen LogP contribution in [-0.4, -0.2) is 35.4 Å². The standard InChI is InChI=1S/C15H22N4O/c1-18(10-12-6-4-5-7-15(12)20-3)14(8-16)13-9-17-19(2)11-13/h4-7,9,11,14H,8,10,16H2,1-3H3. The van der Waals surface area contributed by atoms with Gasteiger partial charge in [0, 0.05) is 37.5 Å². The van der Waals surface area contributed by atoms with Crippen LogP contribution in [0.5, 0.6) is 5.75 Å². The minimum absolute atomic E-state index is 0.147. The number of rotatable bonds is 6. The monoisotopic (exact) mass is 274 g/mol. The molecular weight excluding hydrogens is 252 g/mol. The van der Waals surface area contributed by atoms with E-state index in [1.807, 2.05) is 37.6 Å². The number of hydrogen-bond acceptors (Lipinski definition) is 4. The van der Waals surface area contributed by atoms with Gasteiger partial charge >= 0.3 is 0 Å². The molecule has 0 aliphatic heterocycles. The van der Waals surface area contributed by atoms with E-state index >= 15 is 0 Å². The smallest absolute Gasteiger partial charge is 0.123 e. The summed E-state index contributed by atoms with van der Waals surface area (Å²) in [7, 11) is 5.68. The number of aryl methyl sites for hydroxylation is 1. The second-order valence-corrected chi connectivity index (χ2v) is 4.93. The second-order valence-electron chi connectivity index (χ2n) is 4.93. The maximum absolute atomic E-state index is 5.93. The van der Waals surface area contributed by atoms with Gasteiger partial charge in [0.1, 0.15) is 5.75 Å². The summed E-state index contributed by atoms with van der Waals surface area (Å²) in [5, 5.41) is 4.22. The molecule has 0 saturated heterocycles. The van der Waals surface area contributed by atoms with Crippen LogP contribution in [0, 0.1) is 0 Å². The molecule has 0 fully saturated rings. The molecule has 1 unspecified atom stereocenters. The molecule has 108 valence electrons. The van der Waals surface area contributed by atoms with Gasteiger partial charge in [0.05, 0.1) is 19.3 Å². The fourth-order valence-corrected chi connectivity index (χ4v) is 2.40. The topological polar surface area (TPSA) is 56.3 Å². The first-order valence-corrected chi connectivity index (χ1v) is 6.66. The van der Waals surface area contributed by atoms with Crippen LogP contribution < -0.4 is 10.5 Å². The molecule has 5 nitrogen and oxygen atoms in total. The van der Waals surface area contributed by atoms with E-state index in [1.54, 1.807) is 11.8 Å². The van der Waals surface area contributed by atoms with Gasteiger partial charge in [-0.25, -0.2) is 0 Å². The van der Waals surface area contributed by atoms with E-state index in [9.17, 15) is 0 Å². The molecule has 20 heavy (non-hydrogen) atoms. The van der Waals surface area contributed by atoms with E-state index < -0.39 is 0 Å². The van der Waals surface area contributed by atoms with Gasteiger partial charge in [-0.1, -0.05) is 18.2 Å². The third-order valence-corrected chi connectivity index (χ3v) is 3.48. The Bertz CT molecular complexity index is 552. The quantitative estimate of drug-likeness (QED) is 0.868. The minimum atomic E-state index is 0.147. The molecule has 0 spiro atoms. The van der Waals surface area contributed by atoms with Gasteiger partial charge < -0.3 is 10.5 Å². The molecular formula is C15H22N4O.